The number of hydrogen-bond donors (Lipinski definition) is 1. The minimum absolute atomic E-state index is 0.0112. The third-order valence-electron chi connectivity index (χ3n) is 3.88. The zero-order chi connectivity index (χ0) is 19.4. The molecule has 10 heteroatoms. The van der Waals surface area contributed by atoms with Crippen molar-refractivity contribution in [1.82, 2.24) is 20.2 Å². The fourth-order valence-corrected chi connectivity index (χ4v) is 3.03. The Morgan fingerprint density at radius 3 is 2.74 bits per heavy atom. The fourth-order valence-electron chi connectivity index (χ4n) is 2.34. The molecule has 2 aromatic carbocycles. The van der Waals surface area contributed by atoms with Gasteiger partial charge in [-0.2, -0.15) is 4.68 Å². The second kappa shape index (κ2) is 7.96. The highest BCUT2D eigenvalue weighted by molar-refractivity contribution is 7.99. The predicted octanol–water partition coefficient (Wildman–Crippen LogP) is 2.92. The number of amides is 1. The Labute approximate surface area is 158 Å². The average molecular weight is 384 g/mol. The van der Waals surface area contributed by atoms with Crippen molar-refractivity contribution in [3.05, 3.63) is 63.7 Å². The van der Waals surface area contributed by atoms with Gasteiger partial charge >= 0.3 is 0 Å². The Balaban J connectivity index is 1.69. The molecule has 3 aromatic rings. The molecular formula is C17H16N6O3S. The Bertz CT molecular complexity index is 1000. The zero-order valence-electron chi connectivity index (χ0n) is 14.6. The number of thioether (sulfide) groups is 1. The number of rotatable bonds is 6. The van der Waals surface area contributed by atoms with Gasteiger partial charge < -0.3 is 5.32 Å². The van der Waals surface area contributed by atoms with Crippen LogP contribution in [0.1, 0.15) is 11.1 Å². The molecule has 0 unspecified atom stereocenters. The molecule has 9 nitrogen and oxygen atoms in total. The zero-order valence-corrected chi connectivity index (χ0v) is 15.4. The summed E-state index contributed by atoms with van der Waals surface area (Å²) in [5.74, 6) is -0.374. The minimum Gasteiger partial charge on any atom is -0.320 e. The molecule has 0 aliphatic carbocycles. The molecule has 1 N–H and O–H groups in total. The highest BCUT2D eigenvalue weighted by Crippen LogP contribution is 2.24. The van der Waals surface area contributed by atoms with E-state index < -0.39 is 4.92 Å². The van der Waals surface area contributed by atoms with Crippen molar-refractivity contribution in [2.24, 2.45) is 0 Å². The van der Waals surface area contributed by atoms with Crippen LogP contribution in [0, 0.1) is 24.0 Å². The van der Waals surface area contributed by atoms with E-state index in [9.17, 15) is 14.9 Å². The van der Waals surface area contributed by atoms with Crippen LogP contribution in [0.2, 0.25) is 0 Å². The summed E-state index contributed by atoms with van der Waals surface area (Å²) < 4.78 is 1.55. The second-order valence-corrected chi connectivity index (χ2v) is 6.70. The summed E-state index contributed by atoms with van der Waals surface area (Å²) in [6, 6.07) is 11.8. The van der Waals surface area contributed by atoms with E-state index in [1.54, 1.807) is 16.8 Å². The molecule has 0 bridgehead atoms. The van der Waals surface area contributed by atoms with Crippen molar-refractivity contribution in [2.45, 2.75) is 19.0 Å². The molecule has 0 atom stereocenters. The lowest BCUT2D eigenvalue weighted by molar-refractivity contribution is -0.383. The number of hydrogen-bond acceptors (Lipinski definition) is 7. The number of aromatic nitrogens is 4. The van der Waals surface area contributed by atoms with Gasteiger partial charge in [0.25, 0.3) is 5.69 Å². The van der Waals surface area contributed by atoms with E-state index >= 15 is 0 Å². The lowest BCUT2D eigenvalue weighted by Gasteiger charge is -2.07. The molecule has 1 aromatic heterocycles. The van der Waals surface area contributed by atoms with Crippen LogP contribution in [0.25, 0.3) is 5.69 Å². The van der Waals surface area contributed by atoms with Crippen LogP contribution in [0.3, 0.4) is 0 Å². The van der Waals surface area contributed by atoms with Crippen molar-refractivity contribution < 1.29 is 9.72 Å². The SMILES string of the molecule is Cc1ccc(-n2nnnc2SCC(=O)Nc2ccccc2[N+](=O)[O-])cc1C. The Morgan fingerprint density at radius 2 is 2.00 bits per heavy atom. The molecule has 1 amide bonds. The number of anilines is 1. The third kappa shape index (κ3) is 4.29. The van der Waals surface area contributed by atoms with Gasteiger partial charge in [-0.25, -0.2) is 0 Å². The number of benzene rings is 2. The normalized spacial score (nSPS) is 10.6. The van der Waals surface area contributed by atoms with Crippen LogP contribution in [0.15, 0.2) is 47.6 Å². The van der Waals surface area contributed by atoms with Crippen molar-refractivity contribution in [2.75, 3.05) is 11.1 Å². The van der Waals surface area contributed by atoms with Gasteiger partial charge in [-0.05, 0) is 53.6 Å². The van der Waals surface area contributed by atoms with Crippen LogP contribution in [-0.2, 0) is 4.79 Å². The Kier molecular flexibility index (Phi) is 5.46. The number of aryl methyl sites for hydroxylation is 2. The van der Waals surface area contributed by atoms with Gasteiger partial charge in [0, 0.05) is 6.07 Å². The monoisotopic (exact) mass is 384 g/mol. The largest absolute Gasteiger partial charge is 0.320 e. The van der Waals surface area contributed by atoms with Crippen LogP contribution < -0.4 is 5.32 Å². The van der Waals surface area contributed by atoms with Gasteiger partial charge in [-0.15, -0.1) is 5.10 Å². The van der Waals surface area contributed by atoms with Crippen molar-refractivity contribution in [1.29, 1.82) is 0 Å². The van der Waals surface area contributed by atoms with E-state index in [0.717, 1.165) is 28.6 Å². The highest BCUT2D eigenvalue weighted by atomic mass is 32.2. The highest BCUT2D eigenvalue weighted by Gasteiger charge is 2.16. The van der Waals surface area contributed by atoms with Crippen molar-refractivity contribution >= 4 is 29.0 Å². The smallest absolute Gasteiger partial charge is 0.292 e. The average Bonchev–Trinajstić information content (AvgIpc) is 3.11. The number of nitrogens with zero attached hydrogens (tertiary/aromatic N) is 5. The van der Waals surface area contributed by atoms with E-state index in [4.69, 9.17) is 0 Å². The first-order valence-corrected chi connectivity index (χ1v) is 8.96. The molecule has 138 valence electrons. The van der Waals surface area contributed by atoms with Gasteiger partial charge in [-0.3, -0.25) is 14.9 Å². The number of para-hydroxylation sites is 2. The fraction of sp³-hybridized carbons (Fsp3) is 0.176. The molecule has 0 aliphatic rings. The molecule has 27 heavy (non-hydrogen) atoms. The van der Waals surface area contributed by atoms with Crippen molar-refractivity contribution in [3.63, 3.8) is 0 Å². The van der Waals surface area contributed by atoms with Crippen LogP contribution in [0.5, 0.6) is 0 Å². The molecule has 0 spiro atoms. The maximum absolute atomic E-state index is 12.2. The van der Waals surface area contributed by atoms with Gasteiger partial charge in [-0.1, -0.05) is 30.0 Å². The minimum atomic E-state index is -0.539. The standard InChI is InChI=1S/C17H16N6O3S/c1-11-7-8-13(9-12(11)2)22-17(19-20-21-22)27-10-16(24)18-14-5-3-4-6-15(14)23(25)26/h3-9H,10H2,1-2H3,(H,18,24). The number of nitrogens with one attached hydrogen (secondary N) is 1. The molecule has 3 rings (SSSR count). The summed E-state index contributed by atoms with van der Waals surface area (Å²) in [7, 11) is 0. The Hall–Kier alpha value is -3.27. The summed E-state index contributed by atoms with van der Waals surface area (Å²) in [6.45, 7) is 4.01. The maximum atomic E-state index is 12.2. The van der Waals surface area contributed by atoms with Crippen molar-refractivity contribution in [3.8, 4) is 5.69 Å². The first-order valence-electron chi connectivity index (χ1n) is 7.98. The molecule has 0 aliphatic heterocycles. The third-order valence-corrected chi connectivity index (χ3v) is 4.80. The first-order chi connectivity index (χ1) is 13.0. The maximum Gasteiger partial charge on any atom is 0.292 e. The lowest BCUT2D eigenvalue weighted by atomic mass is 10.1. The first kappa shape index (κ1) is 18.5. The quantitative estimate of drug-likeness (QED) is 0.394. The number of nitro groups is 1. The summed E-state index contributed by atoms with van der Waals surface area (Å²) in [5, 5.41) is 25.6. The number of carbonyl (C=O) groups is 1. The molecular weight excluding hydrogens is 368 g/mol. The summed E-state index contributed by atoms with van der Waals surface area (Å²) in [4.78, 5) is 22.7. The van der Waals surface area contributed by atoms with E-state index in [1.165, 1.54) is 12.1 Å². The number of tetrazole rings is 1. The number of nitro benzene ring substituents is 1. The number of carbonyl (C=O) groups excluding carboxylic acids is 1. The van der Waals surface area contributed by atoms with Gasteiger partial charge in [0.2, 0.25) is 11.1 Å². The van der Waals surface area contributed by atoms with Gasteiger partial charge in [0.1, 0.15) is 5.69 Å². The summed E-state index contributed by atoms with van der Waals surface area (Å²) in [5.41, 5.74) is 3.06. The van der Waals surface area contributed by atoms with Gasteiger partial charge in [0.05, 0.1) is 16.4 Å². The Morgan fingerprint density at radius 1 is 1.22 bits per heavy atom. The molecule has 1 heterocycles. The molecule has 0 fully saturated rings. The van der Waals surface area contributed by atoms with Crippen LogP contribution in [-0.4, -0.2) is 36.8 Å². The molecule has 0 saturated heterocycles. The molecule has 0 saturated carbocycles. The molecule has 0 radical (unpaired) electrons. The van der Waals surface area contributed by atoms with E-state index in [2.05, 4.69) is 20.8 Å². The summed E-state index contributed by atoms with van der Waals surface area (Å²) >= 11 is 1.15. The van der Waals surface area contributed by atoms with E-state index in [0.29, 0.717) is 5.16 Å². The topological polar surface area (TPSA) is 116 Å². The van der Waals surface area contributed by atoms with Crippen LogP contribution in [0.4, 0.5) is 11.4 Å². The predicted molar refractivity (Wildman–Crippen MR) is 101 cm³/mol. The second-order valence-electron chi connectivity index (χ2n) is 5.75. The van der Waals surface area contributed by atoms with E-state index in [-0.39, 0.29) is 23.0 Å². The summed E-state index contributed by atoms with van der Waals surface area (Å²) in [6.07, 6.45) is 0. The van der Waals surface area contributed by atoms with E-state index in [1.807, 2.05) is 32.0 Å². The lowest BCUT2D eigenvalue weighted by Crippen LogP contribution is -2.15. The van der Waals surface area contributed by atoms with Gasteiger partial charge in [0.15, 0.2) is 0 Å². The van der Waals surface area contributed by atoms with Crippen LogP contribution >= 0.6 is 11.8 Å².